The predicted octanol–water partition coefficient (Wildman–Crippen LogP) is 11.2. The van der Waals surface area contributed by atoms with Crippen LogP contribution in [-0.4, -0.2) is 6.71 Å². The van der Waals surface area contributed by atoms with Gasteiger partial charge in [-0.25, -0.2) is 0 Å². The average Bonchev–Trinajstić information content (AvgIpc) is 3.61. The molecule has 0 atom stereocenters. The summed E-state index contributed by atoms with van der Waals surface area (Å²) in [5.74, 6) is 1.57. The van der Waals surface area contributed by atoms with E-state index in [1.165, 1.54) is 16.4 Å². The standard InChI is InChI=1S/C48H30BN3O2/c1-4-15-31(16-5-1)50(32-17-6-2-7-18-32)34-27-28-37-42(29-34)51(33-19-8-3-9-20-33)40-23-14-24-41-45(40)49(37)38-30-36-35-21-10-12-25-43(35)53-47(36)48-46(38)52(41)39-22-11-13-26-44(39)54-48/h1-30H. The van der Waals surface area contributed by atoms with Gasteiger partial charge in [0, 0.05) is 50.6 Å². The highest BCUT2D eigenvalue weighted by atomic mass is 16.5. The maximum Gasteiger partial charge on any atom is 0.252 e. The van der Waals surface area contributed by atoms with Crippen molar-refractivity contribution in [3.8, 4) is 11.5 Å². The lowest BCUT2D eigenvalue weighted by molar-refractivity contribution is 0.471. The summed E-state index contributed by atoms with van der Waals surface area (Å²) in [5.41, 5.74) is 15.2. The predicted molar refractivity (Wildman–Crippen MR) is 222 cm³/mol. The van der Waals surface area contributed by atoms with Crippen molar-refractivity contribution >= 4 is 96.2 Å². The van der Waals surface area contributed by atoms with Crippen LogP contribution in [0.4, 0.5) is 51.2 Å². The van der Waals surface area contributed by atoms with Gasteiger partial charge in [0.2, 0.25) is 0 Å². The van der Waals surface area contributed by atoms with Crippen LogP contribution in [-0.2, 0) is 0 Å². The molecule has 1 aromatic heterocycles. The van der Waals surface area contributed by atoms with Gasteiger partial charge in [-0.05, 0) is 95.3 Å². The van der Waals surface area contributed by atoms with E-state index in [4.69, 9.17) is 9.15 Å². The Morgan fingerprint density at radius 1 is 0.463 bits per heavy atom. The van der Waals surface area contributed by atoms with E-state index in [9.17, 15) is 0 Å². The molecule has 0 radical (unpaired) electrons. The van der Waals surface area contributed by atoms with Crippen molar-refractivity contribution in [2.24, 2.45) is 0 Å². The zero-order chi connectivity index (χ0) is 35.3. The highest BCUT2D eigenvalue weighted by Crippen LogP contribution is 2.56. The lowest BCUT2D eigenvalue weighted by atomic mass is 9.33. The Morgan fingerprint density at radius 3 is 1.89 bits per heavy atom. The van der Waals surface area contributed by atoms with Crippen LogP contribution >= 0.6 is 0 Å². The quantitative estimate of drug-likeness (QED) is 0.172. The molecule has 0 fully saturated rings. The van der Waals surface area contributed by atoms with Gasteiger partial charge in [-0.3, -0.25) is 0 Å². The minimum atomic E-state index is -0.0703. The smallest absolute Gasteiger partial charge is 0.252 e. The number of hydrogen-bond donors (Lipinski definition) is 0. The number of hydrogen-bond acceptors (Lipinski definition) is 5. The van der Waals surface area contributed by atoms with Crippen LogP contribution in [0, 0.1) is 0 Å². The van der Waals surface area contributed by atoms with Crippen LogP contribution < -0.4 is 35.8 Å². The van der Waals surface area contributed by atoms with E-state index in [-0.39, 0.29) is 6.71 Å². The lowest BCUT2D eigenvalue weighted by Crippen LogP contribution is -2.61. The summed E-state index contributed by atoms with van der Waals surface area (Å²) in [5, 5.41) is 2.14. The lowest BCUT2D eigenvalue weighted by Gasteiger charge is -2.46. The molecule has 252 valence electrons. The van der Waals surface area contributed by atoms with Gasteiger partial charge in [0.05, 0.1) is 11.4 Å². The highest BCUT2D eigenvalue weighted by molar-refractivity contribution is 7.00. The van der Waals surface area contributed by atoms with E-state index in [1.54, 1.807) is 0 Å². The largest absolute Gasteiger partial charge is 0.452 e. The molecule has 0 unspecified atom stereocenters. The Hall–Kier alpha value is -7.18. The molecule has 9 aromatic rings. The second-order valence-corrected chi connectivity index (χ2v) is 14.1. The van der Waals surface area contributed by atoms with Crippen LogP contribution in [0.3, 0.4) is 0 Å². The number of nitrogens with zero attached hydrogens (tertiary/aromatic N) is 3. The van der Waals surface area contributed by atoms with Gasteiger partial charge in [-0.1, -0.05) is 103 Å². The molecule has 54 heavy (non-hydrogen) atoms. The van der Waals surface area contributed by atoms with Crippen molar-refractivity contribution in [3.63, 3.8) is 0 Å². The average molecular weight is 692 g/mol. The fraction of sp³-hybridized carbons (Fsp3) is 0. The Labute approximate surface area is 312 Å². The first-order valence-corrected chi connectivity index (χ1v) is 18.4. The van der Waals surface area contributed by atoms with Crippen LogP contribution in [0.25, 0.3) is 21.9 Å². The van der Waals surface area contributed by atoms with Gasteiger partial charge < -0.3 is 23.9 Å². The third-order valence-electron chi connectivity index (χ3n) is 11.2. The van der Waals surface area contributed by atoms with Crippen molar-refractivity contribution in [1.29, 1.82) is 0 Å². The Kier molecular flexibility index (Phi) is 6.08. The molecule has 8 aromatic carbocycles. The van der Waals surface area contributed by atoms with Crippen molar-refractivity contribution < 1.29 is 9.15 Å². The molecule has 6 heteroatoms. The minimum Gasteiger partial charge on any atom is -0.452 e. The summed E-state index contributed by atoms with van der Waals surface area (Å²) >= 11 is 0. The molecule has 0 spiro atoms. The molecule has 0 saturated carbocycles. The summed E-state index contributed by atoms with van der Waals surface area (Å²) in [6, 6.07) is 64.8. The molecule has 3 aliphatic rings. The second kappa shape index (κ2) is 11.2. The topological polar surface area (TPSA) is 32.1 Å². The van der Waals surface area contributed by atoms with E-state index >= 15 is 0 Å². The van der Waals surface area contributed by atoms with Crippen molar-refractivity contribution in [2.45, 2.75) is 0 Å². The number of anilines is 9. The number of para-hydroxylation sites is 6. The molecule has 0 aliphatic carbocycles. The summed E-state index contributed by atoms with van der Waals surface area (Å²) in [4.78, 5) is 7.20. The zero-order valence-electron chi connectivity index (χ0n) is 29.1. The normalized spacial score (nSPS) is 13.2. The fourth-order valence-corrected chi connectivity index (χ4v) is 8.99. The molecule has 0 bridgehead atoms. The van der Waals surface area contributed by atoms with E-state index < -0.39 is 0 Å². The summed E-state index contributed by atoms with van der Waals surface area (Å²) in [7, 11) is 0. The van der Waals surface area contributed by atoms with Crippen LogP contribution in [0.2, 0.25) is 0 Å². The Bertz CT molecular complexity index is 2910. The first kappa shape index (κ1) is 29.4. The van der Waals surface area contributed by atoms with Crippen LogP contribution in [0.1, 0.15) is 0 Å². The van der Waals surface area contributed by atoms with E-state index in [0.29, 0.717) is 0 Å². The molecular formula is C48H30BN3O2. The minimum absolute atomic E-state index is 0.0703. The van der Waals surface area contributed by atoms with Crippen LogP contribution in [0.5, 0.6) is 11.5 Å². The SMILES string of the molecule is c1ccc(N(c2ccccc2)c2ccc3c(c2)N(c2ccccc2)c2cccc4c2B3c2cc3c(oc5ccccc53)c3c2N4c2ccccc2O3)cc1. The first-order valence-electron chi connectivity index (χ1n) is 18.4. The van der Waals surface area contributed by atoms with Gasteiger partial charge in [0.25, 0.3) is 6.71 Å². The maximum absolute atomic E-state index is 6.90. The third-order valence-corrected chi connectivity index (χ3v) is 11.2. The zero-order valence-corrected chi connectivity index (χ0v) is 29.1. The monoisotopic (exact) mass is 691 g/mol. The third kappa shape index (κ3) is 4.05. The van der Waals surface area contributed by atoms with E-state index in [2.05, 4.69) is 178 Å². The van der Waals surface area contributed by atoms with E-state index in [1.807, 2.05) is 18.2 Å². The van der Waals surface area contributed by atoms with Crippen molar-refractivity contribution in [1.82, 2.24) is 0 Å². The Morgan fingerprint density at radius 2 is 1.11 bits per heavy atom. The van der Waals surface area contributed by atoms with Crippen molar-refractivity contribution in [3.05, 3.63) is 182 Å². The second-order valence-electron chi connectivity index (χ2n) is 14.1. The van der Waals surface area contributed by atoms with E-state index in [0.717, 1.165) is 84.6 Å². The highest BCUT2D eigenvalue weighted by Gasteiger charge is 2.47. The number of furan rings is 1. The first-order chi connectivity index (χ1) is 26.8. The van der Waals surface area contributed by atoms with Gasteiger partial charge in [0.15, 0.2) is 17.1 Å². The molecule has 5 nitrogen and oxygen atoms in total. The fourth-order valence-electron chi connectivity index (χ4n) is 8.99. The van der Waals surface area contributed by atoms with Crippen molar-refractivity contribution in [2.75, 3.05) is 14.7 Å². The molecule has 3 aliphatic heterocycles. The van der Waals surface area contributed by atoms with Crippen LogP contribution in [0.15, 0.2) is 186 Å². The Balaban J connectivity index is 1.18. The van der Waals surface area contributed by atoms with Gasteiger partial charge in [-0.15, -0.1) is 0 Å². The summed E-state index contributed by atoms with van der Waals surface area (Å²) in [6.07, 6.45) is 0. The van der Waals surface area contributed by atoms with Gasteiger partial charge in [-0.2, -0.15) is 0 Å². The number of ether oxygens (including phenoxy) is 1. The number of rotatable bonds is 4. The number of benzene rings is 8. The molecule has 0 N–H and O–H groups in total. The molecular weight excluding hydrogens is 661 g/mol. The number of fused-ring (bicyclic) bond motifs is 10. The maximum atomic E-state index is 6.90. The summed E-state index contributed by atoms with van der Waals surface area (Å²) < 4.78 is 13.5. The summed E-state index contributed by atoms with van der Waals surface area (Å²) in [6.45, 7) is -0.0703. The molecule has 4 heterocycles. The molecule has 12 rings (SSSR count). The molecule has 0 saturated heterocycles. The molecule has 0 amide bonds. The van der Waals surface area contributed by atoms with Gasteiger partial charge >= 0.3 is 0 Å². The van der Waals surface area contributed by atoms with Gasteiger partial charge in [0.1, 0.15) is 5.58 Å².